The SMILES string of the molecule is Nc1ccc(C(=O)Nc2cccn(C(C(=O)O)c3ccccc3)c2=O)cc1Cl. The van der Waals surface area contributed by atoms with Gasteiger partial charge in [-0.2, -0.15) is 0 Å². The quantitative estimate of drug-likeness (QED) is 0.572. The van der Waals surface area contributed by atoms with Crippen LogP contribution in [0.4, 0.5) is 11.4 Å². The first-order valence-corrected chi connectivity index (χ1v) is 8.61. The lowest BCUT2D eigenvalue weighted by atomic mass is 10.1. The summed E-state index contributed by atoms with van der Waals surface area (Å²) < 4.78 is 1.06. The number of hydrogen-bond acceptors (Lipinski definition) is 4. The second kappa shape index (κ2) is 7.98. The van der Waals surface area contributed by atoms with Crippen molar-refractivity contribution in [1.82, 2.24) is 4.57 Å². The average molecular weight is 398 g/mol. The number of benzene rings is 2. The molecular weight excluding hydrogens is 382 g/mol. The minimum Gasteiger partial charge on any atom is -0.479 e. The summed E-state index contributed by atoms with van der Waals surface area (Å²) in [7, 11) is 0. The lowest BCUT2D eigenvalue weighted by molar-refractivity contribution is -0.139. The highest BCUT2D eigenvalue weighted by atomic mass is 35.5. The number of nitrogens with one attached hydrogen (secondary N) is 1. The number of carbonyl (C=O) groups is 2. The molecular formula is C20H16ClN3O4. The number of aromatic nitrogens is 1. The van der Waals surface area contributed by atoms with Crippen molar-refractivity contribution in [2.75, 3.05) is 11.1 Å². The molecule has 4 N–H and O–H groups in total. The van der Waals surface area contributed by atoms with Gasteiger partial charge in [0, 0.05) is 11.8 Å². The number of aliphatic carboxylic acids is 1. The minimum atomic E-state index is -1.23. The number of anilines is 2. The van der Waals surface area contributed by atoms with Crippen LogP contribution in [0.5, 0.6) is 0 Å². The highest BCUT2D eigenvalue weighted by Gasteiger charge is 2.24. The summed E-state index contributed by atoms with van der Waals surface area (Å²) in [5.41, 5.74) is 5.91. The predicted octanol–water partition coefficient (Wildman–Crippen LogP) is 3.01. The van der Waals surface area contributed by atoms with Crippen LogP contribution in [0, 0.1) is 0 Å². The van der Waals surface area contributed by atoms with Crippen LogP contribution in [-0.4, -0.2) is 21.6 Å². The number of carboxylic acids is 1. The molecule has 0 saturated carbocycles. The lowest BCUT2D eigenvalue weighted by Crippen LogP contribution is -2.32. The molecule has 0 aliphatic rings. The first kappa shape index (κ1) is 19.2. The van der Waals surface area contributed by atoms with Gasteiger partial charge >= 0.3 is 5.97 Å². The van der Waals surface area contributed by atoms with E-state index in [1.165, 1.54) is 36.5 Å². The fraction of sp³-hybridized carbons (Fsp3) is 0.0500. The molecule has 0 aliphatic heterocycles. The molecule has 0 saturated heterocycles. The van der Waals surface area contributed by atoms with Crippen molar-refractivity contribution in [2.45, 2.75) is 6.04 Å². The minimum absolute atomic E-state index is 0.0531. The monoisotopic (exact) mass is 397 g/mol. The van der Waals surface area contributed by atoms with Gasteiger partial charge in [-0.25, -0.2) is 4.79 Å². The van der Waals surface area contributed by atoms with E-state index in [1.54, 1.807) is 30.3 Å². The molecule has 2 aromatic carbocycles. The van der Waals surface area contributed by atoms with Crippen LogP contribution in [0.25, 0.3) is 0 Å². The number of carbonyl (C=O) groups excluding carboxylic acids is 1. The third-order valence-corrected chi connectivity index (χ3v) is 4.44. The van der Waals surface area contributed by atoms with Crippen molar-refractivity contribution in [3.8, 4) is 0 Å². The number of nitrogens with zero attached hydrogens (tertiary/aromatic N) is 1. The Hall–Kier alpha value is -3.58. The molecule has 1 aromatic heterocycles. The Bertz CT molecular complexity index is 1100. The van der Waals surface area contributed by atoms with E-state index in [0.29, 0.717) is 11.3 Å². The summed E-state index contributed by atoms with van der Waals surface area (Å²) in [4.78, 5) is 37.1. The number of amides is 1. The maximum absolute atomic E-state index is 12.8. The fourth-order valence-corrected chi connectivity index (χ4v) is 2.91. The second-order valence-corrected chi connectivity index (χ2v) is 6.38. The topological polar surface area (TPSA) is 114 Å². The molecule has 1 atom stereocenters. The molecule has 28 heavy (non-hydrogen) atoms. The van der Waals surface area contributed by atoms with E-state index < -0.39 is 23.5 Å². The van der Waals surface area contributed by atoms with Gasteiger partial charge in [-0.3, -0.25) is 14.2 Å². The summed E-state index contributed by atoms with van der Waals surface area (Å²) in [6.07, 6.45) is 1.36. The van der Waals surface area contributed by atoms with Crippen LogP contribution in [0.15, 0.2) is 71.7 Å². The van der Waals surface area contributed by atoms with Gasteiger partial charge in [-0.15, -0.1) is 0 Å². The summed E-state index contributed by atoms with van der Waals surface area (Å²) in [6.45, 7) is 0. The Balaban J connectivity index is 1.96. The molecule has 0 aliphatic carbocycles. The van der Waals surface area contributed by atoms with Crippen molar-refractivity contribution >= 4 is 34.9 Å². The van der Waals surface area contributed by atoms with Gasteiger partial charge in [-0.1, -0.05) is 41.9 Å². The number of rotatable bonds is 5. The normalized spacial score (nSPS) is 11.6. The number of hydrogen-bond donors (Lipinski definition) is 3. The van der Waals surface area contributed by atoms with Crippen molar-refractivity contribution in [3.05, 3.63) is 93.4 Å². The largest absolute Gasteiger partial charge is 0.479 e. The zero-order chi connectivity index (χ0) is 20.3. The number of nitrogens with two attached hydrogens (primary N) is 1. The molecule has 1 heterocycles. The smallest absolute Gasteiger partial charge is 0.331 e. The fourth-order valence-electron chi connectivity index (χ4n) is 2.73. The summed E-state index contributed by atoms with van der Waals surface area (Å²) >= 11 is 5.93. The maximum atomic E-state index is 12.8. The molecule has 3 rings (SSSR count). The molecule has 0 fully saturated rings. The summed E-state index contributed by atoms with van der Waals surface area (Å²) in [6, 6.07) is 14.4. The molecule has 0 spiro atoms. The van der Waals surface area contributed by atoms with Crippen LogP contribution in [0.3, 0.4) is 0 Å². The van der Waals surface area contributed by atoms with Crippen molar-refractivity contribution in [2.24, 2.45) is 0 Å². The van der Waals surface area contributed by atoms with Crippen LogP contribution >= 0.6 is 11.6 Å². The molecule has 8 heteroatoms. The first-order valence-electron chi connectivity index (χ1n) is 8.24. The highest BCUT2D eigenvalue weighted by molar-refractivity contribution is 6.33. The van der Waals surface area contributed by atoms with Gasteiger partial charge in [0.15, 0.2) is 6.04 Å². The molecule has 0 bridgehead atoms. The van der Waals surface area contributed by atoms with Gasteiger partial charge in [0.2, 0.25) is 0 Å². The van der Waals surface area contributed by atoms with Gasteiger partial charge < -0.3 is 16.2 Å². The van der Waals surface area contributed by atoms with Crippen LogP contribution in [0.1, 0.15) is 22.0 Å². The van der Waals surface area contributed by atoms with Crippen LogP contribution < -0.4 is 16.6 Å². The van der Waals surface area contributed by atoms with Crippen molar-refractivity contribution < 1.29 is 14.7 Å². The maximum Gasteiger partial charge on any atom is 0.331 e. The van der Waals surface area contributed by atoms with Gasteiger partial charge in [-0.05, 0) is 35.9 Å². The molecule has 1 amide bonds. The zero-order valence-electron chi connectivity index (χ0n) is 14.5. The Kier molecular flexibility index (Phi) is 5.47. The highest BCUT2D eigenvalue weighted by Crippen LogP contribution is 2.21. The predicted molar refractivity (Wildman–Crippen MR) is 107 cm³/mol. The molecule has 3 aromatic rings. The van der Waals surface area contributed by atoms with Gasteiger partial charge in [0.25, 0.3) is 11.5 Å². The van der Waals surface area contributed by atoms with E-state index in [4.69, 9.17) is 17.3 Å². The van der Waals surface area contributed by atoms with E-state index in [0.717, 1.165) is 4.57 Å². The average Bonchev–Trinajstić information content (AvgIpc) is 2.67. The van der Waals surface area contributed by atoms with Crippen molar-refractivity contribution in [1.29, 1.82) is 0 Å². The van der Waals surface area contributed by atoms with E-state index >= 15 is 0 Å². The van der Waals surface area contributed by atoms with Crippen LogP contribution in [-0.2, 0) is 4.79 Å². The van der Waals surface area contributed by atoms with E-state index in [-0.39, 0.29) is 16.3 Å². The summed E-state index contributed by atoms with van der Waals surface area (Å²) in [5, 5.41) is 12.3. The molecule has 1 unspecified atom stereocenters. The third-order valence-electron chi connectivity index (χ3n) is 4.11. The van der Waals surface area contributed by atoms with Crippen molar-refractivity contribution in [3.63, 3.8) is 0 Å². The van der Waals surface area contributed by atoms with Gasteiger partial charge in [0.1, 0.15) is 5.69 Å². The Labute approximate surface area is 165 Å². The van der Waals surface area contributed by atoms with Crippen LogP contribution in [0.2, 0.25) is 5.02 Å². The zero-order valence-corrected chi connectivity index (χ0v) is 15.3. The number of pyridine rings is 1. The third kappa shape index (κ3) is 3.89. The first-order chi connectivity index (χ1) is 13.4. The lowest BCUT2D eigenvalue weighted by Gasteiger charge is -2.17. The van der Waals surface area contributed by atoms with Gasteiger partial charge in [0.05, 0.1) is 10.7 Å². The number of carboxylic acid groups (broad SMARTS) is 1. The molecule has 142 valence electrons. The summed E-state index contributed by atoms with van der Waals surface area (Å²) in [5.74, 6) is -1.76. The second-order valence-electron chi connectivity index (χ2n) is 5.98. The standard InChI is InChI=1S/C20H16ClN3O4/c21-14-11-13(8-9-15(14)22)18(25)23-16-7-4-10-24(19(16)26)17(20(27)28)12-5-2-1-3-6-12/h1-11,17H,22H2,(H,23,25)(H,27,28). The molecule has 0 radical (unpaired) electrons. The van der Waals surface area contributed by atoms with E-state index in [2.05, 4.69) is 5.32 Å². The Morgan fingerprint density at radius 2 is 1.79 bits per heavy atom. The Morgan fingerprint density at radius 3 is 2.43 bits per heavy atom. The molecule has 7 nitrogen and oxygen atoms in total. The van der Waals surface area contributed by atoms with E-state index in [9.17, 15) is 19.5 Å². The Morgan fingerprint density at radius 1 is 1.07 bits per heavy atom. The number of halogens is 1. The number of nitrogen functional groups attached to an aromatic ring is 1. The van der Waals surface area contributed by atoms with E-state index in [1.807, 2.05) is 0 Å².